The normalized spacial score (nSPS) is 31.4. The van der Waals surface area contributed by atoms with Gasteiger partial charge < -0.3 is 15.1 Å². The smallest absolute Gasteiger partial charge is 0.426 e. The fourth-order valence-corrected chi connectivity index (χ4v) is 0.865. The third kappa shape index (κ3) is 1.16. The maximum atomic E-state index is 8.84. The van der Waals surface area contributed by atoms with Crippen molar-refractivity contribution in [2.45, 2.75) is 12.4 Å². The fourth-order valence-electron chi connectivity index (χ4n) is 0.865. The third-order valence-corrected chi connectivity index (χ3v) is 1.60. The molecule has 0 spiro atoms. The van der Waals surface area contributed by atoms with Gasteiger partial charge in [-0.25, -0.2) is 5.43 Å². The first-order valence-corrected chi connectivity index (χ1v) is 3.11. The molecule has 0 aromatic carbocycles. The SMILES string of the molecule is CN1C=CC(C)(B(O)O)N1. The summed E-state index contributed by atoms with van der Waals surface area (Å²) in [5.74, 6) is 0. The van der Waals surface area contributed by atoms with Gasteiger partial charge in [0.25, 0.3) is 0 Å². The molecule has 10 heavy (non-hydrogen) atoms. The Hall–Kier alpha value is -0.515. The van der Waals surface area contributed by atoms with Crippen molar-refractivity contribution in [2.24, 2.45) is 0 Å². The van der Waals surface area contributed by atoms with Crippen LogP contribution in [0.2, 0.25) is 0 Å². The van der Waals surface area contributed by atoms with Crippen molar-refractivity contribution in [3.63, 3.8) is 0 Å². The Morgan fingerprint density at radius 1 is 1.60 bits per heavy atom. The number of nitrogens with zero attached hydrogens (tertiary/aromatic N) is 1. The monoisotopic (exact) mass is 142 g/mol. The molecule has 0 saturated heterocycles. The van der Waals surface area contributed by atoms with Gasteiger partial charge in [0, 0.05) is 13.2 Å². The van der Waals surface area contributed by atoms with Crippen LogP contribution < -0.4 is 5.43 Å². The Kier molecular flexibility index (Phi) is 1.72. The van der Waals surface area contributed by atoms with Crippen LogP contribution in [0.5, 0.6) is 0 Å². The van der Waals surface area contributed by atoms with Crippen LogP contribution in [0, 0.1) is 0 Å². The van der Waals surface area contributed by atoms with Gasteiger partial charge in [0.05, 0.1) is 5.44 Å². The van der Waals surface area contributed by atoms with Crippen LogP contribution in [0.25, 0.3) is 0 Å². The zero-order valence-corrected chi connectivity index (χ0v) is 6.07. The summed E-state index contributed by atoms with van der Waals surface area (Å²) >= 11 is 0. The van der Waals surface area contributed by atoms with E-state index in [1.165, 1.54) is 0 Å². The van der Waals surface area contributed by atoms with Crippen LogP contribution >= 0.6 is 0 Å². The molecule has 56 valence electrons. The van der Waals surface area contributed by atoms with E-state index < -0.39 is 12.6 Å². The molecule has 0 aliphatic carbocycles. The maximum Gasteiger partial charge on any atom is 0.478 e. The second kappa shape index (κ2) is 2.27. The third-order valence-electron chi connectivity index (χ3n) is 1.60. The minimum absolute atomic E-state index is 0.727. The van der Waals surface area contributed by atoms with E-state index in [-0.39, 0.29) is 0 Å². The lowest BCUT2D eigenvalue weighted by atomic mass is 9.67. The van der Waals surface area contributed by atoms with E-state index in [2.05, 4.69) is 5.43 Å². The van der Waals surface area contributed by atoms with E-state index in [4.69, 9.17) is 10.0 Å². The molecule has 0 fully saturated rings. The number of rotatable bonds is 1. The van der Waals surface area contributed by atoms with Crippen LogP contribution in [0.4, 0.5) is 0 Å². The lowest BCUT2D eigenvalue weighted by Gasteiger charge is -2.23. The molecule has 0 amide bonds. The minimum Gasteiger partial charge on any atom is -0.426 e. The van der Waals surface area contributed by atoms with Gasteiger partial charge in [-0.05, 0) is 13.0 Å². The molecule has 1 rings (SSSR count). The highest BCUT2D eigenvalue weighted by molar-refractivity contribution is 6.46. The van der Waals surface area contributed by atoms with Crippen molar-refractivity contribution in [2.75, 3.05) is 7.05 Å². The summed E-state index contributed by atoms with van der Waals surface area (Å²) in [6.45, 7) is 1.71. The quantitative estimate of drug-likeness (QED) is 0.399. The van der Waals surface area contributed by atoms with Crippen LogP contribution in [-0.4, -0.2) is 34.7 Å². The van der Waals surface area contributed by atoms with Gasteiger partial charge in [0.2, 0.25) is 0 Å². The molecule has 1 atom stereocenters. The molecule has 1 aliphatic heterocycles. The summed E-state index contributed by atoms with van der Waals surface area (Å²) < 4.78 is 0. The van der Waals surface area contributed by atoms with Crippen molar-refractivity contribution in [1.82, 2.24) is 10.4 Å². The summed E-state index contributed by atoms with van der Waals surface area (Å²) in [4.78, 5) is 0. The molecular formula is C5H11BN2O2. The number of hydrogen-bond donors (Lipinski definition) is 3. The highest BCUT2D eigenvalue weighted by Crippen LogP contribution is 2.13. The molecule has 1 unspecified atom stereocenters. The predicted octanol–water partition coefficient (Wildman–Crippen LogP) is -1.28. The molecule has 0 saturated carbocycles. The molecule has 4 nitrogen and oxygen atoms in total. The van der Waals surface area contributed by atoms with E-state index in [0.29, 0.717) is 0 Å². The van der Waals surface area contributed by atoms with E-state index in [0.717, 1.165) is 0 Å². The predicted molar refractivity (Wildman–Crippen MR) is 38.6 cm³/mol. The Balaban J connectivity index is 2.65. The Morgan fingerprint density at radius 2 is 2.20 bits per heavy atom. The first kappa shape index (κ1) is 7.59. The molecule has 5 heteroatoms. The largest absolute Gasteiger partial charge is 0.478 e. The zero-order chi connectivity index (χ0) is 7.78. The van der Waals surface area contributed by atoms with Gasteiger partial charge in [0.15, 0.2) is 0 Å². The molecule has 0 radical (unpaired) electrons. The standard InChI is InChI=1S/C5H11BN2O2/c1-5(6(9)10)3-4-8(2)7-5/h3-4,7,9-10H,1-2H3. The highest BCUT2D eigenvalue weighted by Gasteiger charge is 2.38. The maximum absolute atomic E-state index is 8.84. The second-order valence-electron chi connectivity index (χ2n) is 2.69. The van der Waals surface area contributed by atoms with Crippen LogP contribution in [-0.2, 0) is 0 Å². The molecule has 0 bridgehead atoms. The summed E-state index contributed by atoms with van der Waals surface area (Å²) in [5.41, 5.74) is 2.12. The van der Waals surface area contributed by atoms with E-state index in [1.54, 1.807) is 31.3 Å². The lowest BCUT2D eigenvalue weighted by Crippen LogP contribution is -2.54. The second-order valence-corrected chi connectivity index (χ2v) is 2.69. The molecule has 0 aromatic heterocycles. The average Bonchev–Trinajstić information content (AvgIpc) is 2.13. The molecule has 1 aliphatic rings. The zero-order valence-electron chi connectivity index (χ0n) is 6.07. The molecular weight excluding hydrogens is 131 g/mol. The number of nitrogens with one attached hydrogen (secondary N) is 1. The first-order chi connectivity index (χ1) is 4.54. The topological polar surface area (TPSA) is 55.7 Å². The Bertz CT molecular complexity index is 162. The minimum atomic E-state index is -1.37. The van der Waals surface area contributed by atoms with Crippen LogP contribution in [0.3, 0.4) is 0 Å². The van der Waals surface area contributed by atoms with E-state index >= 15 is 0 Å². The fraction of sp³-hybridized carbons (Fsp3) is 0.600. The summed E-state index contributed by atoms with van der Waals surface area (Å²) in [6, 6.07) is 0. The lowest BCUT2D eigenvalue weighted by molar-refractivity contribution is 0.268. The van der Waals surface area contributed by atoms with Crippen molar-refractivity contribution in [1.29, 1.82) is 0 Å². The average molecular weight is 142 g/mol. The first-order valence-electron chi connectivity index (χ1n) is 3.11. The van der Waals surface area contributed by atoms with Crippen molar-refractivity contribution < 1.29 is 10.0 Å². The molecule has 1 heterocycles. The Labute approximate surface area is 60.3 Å². The molecule has 3 N–H and O–H groups in total. The van der Waals surface area contributed by atoms with Crippen molar-refractivity contribution in [3.8, 4) is 0 Å². The van der Waals surface area contributed by atoms with Crippen molar-refractivity contribution in [3.05, 3.63) is 12.3 Å². The van der Waals surface area contributed by atoms with E-state index in [9.17, 15) is 0 Å². The summed E-state index contributed by atoms with van der Waals surface area (Å²) in [6.07, 6.45) is 3.46. The Morgan fingerprint density at radius 3 is 2.40 bits per heavy atom. The van der Waals surface area contributed by atoms with Gasteiger partial charge in [0.1, 0.15) is 0 Å². The van der Waals surface area contributed by atoms with Gasteiger partial charge in [-0.2, -0.15) is 0 Å². The summed E-state index contributed by atoms with van der Waals surface area (Å²) in [5, 5.41) is 19.4. The van der Waals surface area contributed by atoms with Gasteiger partial charge >= 0.3 is 7.12 Å². The highest BCUT2D eigenvalue weighted by atomic mass is 16.4. The van der Waals surface area contributed by atoms with Gasteiger partial charge in [-0.1, -0.05) is 0 Å². The number of hydrazine groups is 1. The summed E-state index contributed by atoms with van der Waals surface area (Å²) in [7, 11) is 0.429. The van der Waals surface area contributed by atoms with Gasteiger partial charge in [-0.3, -0.25) is 0 Å². The van der Waals surface area contributed by atoms with E-state index in [1.807, 2.05) is 0 Å². The molecule has 0 aromatic rings. The van der Waals surface area contributed by atoms with Crippen molar-refractivity contribution >= 4 is 7.12 Å². The number of hydrogen-bond acceptors (Lipinski definition) is 4. The van der Waals surface area contributed by atoms with Gasteiger partial charge in [-0.15, -0.1) is 0 Å². The van der Waals surface area contributed by atoms with Crippen LogP contribution in [0.15, 0.2) is 12.3 Å². The van der Waals surface area contributed by atoms with Crippen LogP contribution in [0.1, 0.15) is 6.92 Å².